The number of aryl methyl sites for hydroxylation is 1. The Kier molecular flexibility index (Phi) is 9.35. The van der Waals surface area contributed by atoms with Crippen molar-refractivity contribution in [2.24, 2.45) is 0 Å². The first kappa shape index (κ1) is 33.1. The number of imidazole rings is 1. The summed E-state index contributed by atoms with van der Waals surface area (Å²) in [5.74, 6) is -5.44. The van der Waals surface area contributed by atoms with Gasteiger partial charge >= 0.3 is 18.3 Å². The van der Waals surface area contributed by atoms with Gasteiger partial charge in [-0.1, -0.05) is 6.92 Å². The lowest BCUT2D eigenvalue weighted by Gasteiger charge is -2.22. The van der Waals surface area contributed by atoms with Crippen LogP contribution in [0.25, 0.3) is 16.9 Å². The normalized spacial score (nSPS) is 13.4. The van der Waals surface area contributed by atoms with Gasteiger partial charge in [-0.15, -0.1) is 0 Å². The summed E-state index contributed by atoms with van der Waals surface area (Å²) in [5.41, 5.74) is -2.54. The molecule has 0 fully saturated rings. The van der Waals surface area contributed by atoms with Crippen LogP contribution >= 0.6 is 0 Å². The van der Waals surface area contributed by atoms with Crippen LogP contribution in [0, 0.1) is 18.6 Å². The van der Waals surface area contributed by atoms with Gasteiger partial charge in [0, 0.05) is 42.0 Å². The number of ether oxygens (including phenoxy) is 1. The average molecular weight is 644 g/mol. The highest BCUT2D eigenvalue weighted by Crippen LogP contribution is 2.38. The van der Waals surface area contributed by atoms with E-state index in [9.17, 15) is 44.7 Å². The number of anilines is 1. The summed E-state index contributed by atoms with van der Waals surface area (Å²) >= 11 is 0. The number of hydrogen-bond donors (Lipinski definition) is 2. The van der Waals surface area contributed by atoms with Crippen LogP contribution in [0.5, 0.6) is 0 Å². The lowest BCUT2D eigenvalue weighted by atomic mass is 10.0. The fourth-order valence-corrected chi connectivity index (χ4v) is 4.69. The Balaban J connectivity index is 1.65. The number of carbonyl (C=O) groups is 2. The molecule has 3 heterocycles. The quantitative estimate of drug-likeness (QED) is 0.165. The molecule has 1 amide bonds. The number of aromatic nitrogens is 3. The molecule has 16 heteroatoms. The third-order valence-electron chi connectivity index (χ3n) is 6.84. The Morgan fingerprint density at radius 3 is 2.27 bits per heavy atom. The van der Waals surface area contributed by atoms with E-state index in [2.05, 4.69) is 15.3 Å². The third kappa shape index (κ3) is 7.15. The molecule has 0 aliphatic carbocycles. The van der Waals surface area contributed by atoms with Crippen molar-refractivity contribution in [1.29, 1.82) is 0 Å². The summed E-state index contributed by atoms with van der Waals surface area (Å²) in [6.07, 6.45) is -6.30. The van der Waals surface area contributed by atoms with Crippen molar-refractivity contribution < 1.29 is 49.4 Å². The van der Waals surface area contributed by atoms with Crippen molar-refractivity contribution in [3.8, 4) is 11.3 Å². The molecule has 8 nitrogen and oxygen atoms in total. The highest BCUT2D eigenvalue weighted by molar-refractivity contribution is 5.97. The number of hydrogen-bond acceptors (Lipinski definition) is 6. The molecule has 240 valence electrons. The number of benzene rings is 1. The predicted octanol–water partition coefficient (Wildman–Crippen LogP) is 6.27. The van der Waals surface area contributed by atoms with Crippen molar-refractivity contribution in [2.75, 3.05) is 12.4 Å². The fraction of sp³-hybridized carbons (Fsp3) is 0.310. The molecule has 0 saturated heterocycles. The standard InChI is InChI=1S/C29H25F8N5O3/c1-4-22(29(35,36)37)40-15-10-19(30)23(20(31)11-15)26(43)41-21(27(44)45-3)12-16-5-6-17(25-38-7-8-42(16)25)24-18(28(32,33)34)9-14(2)13-39-24/h5-11,13,21-22,40H,4,12H2,1-3H3,(H,41,43)/t21-,22+/m0/s1. The molecule has 0 spiro atoms. The van der Waals surface area contributed by atoms with Crippen molar-refractivity contribution in [2.45, 2.75) is 51.1 Å². The summed E-state index contributed by atoms with van der Waals surface area (Å²) in [6.45, 7) is 2.68. The van der Waals surface area contributed by atoms with Crippen LogP contribution in [-0.2, 0) is 22.1 Å². The zero-order valence-electron chi connectivity index (χ0n) is 23.8. The van der Waals surface area contributed by atoms with Crippen LogP contribution in [0.2, 0.25) is 0 Å². The number of rotatable bonds is 9. The average Bonchev–Trinajstić information content (AvgIpc) is 3.44. The van der Waals surface area contributed by atoms with Gasteiger partial charge < -0.3 is 19.8 Å². The summed E-state index contributed by atoms with van der Waals surface area (Å²) < 4.78 is 117. The molecule has 2 atom stereocenters. The van der Waals surface area contributed by atoms with Gasteiger partial charge in [0.15, 0.2) is 0 Å². The molecule has 4 aromatic rings. The van der Waals surface area contributed by atoms with Crippen molar-refractivity contribution in [1.82, 2.24) is 19.7 Å². The number of nitrogens with one attached hydrogen (secondary N) is 2. The number of fused-ring (bicyclic) bond motifs is 1. The van der Waals surface area contributed by atoms with Gasteiger partial charge in [-0.05, 0) is 49.2 Å². The number of halogens is 8. The molecule has 45 heavy (non-hydrogen) atoms. The van der Waals surface area contributed by atoms with E-state index in [-0.39, 0.29) is 28.9 Å². The molecule has 0 unspecified atom stereocenters. The number of alkyl halides is 6. The summed E-state index contributed by atoms with van der Waals surface area (Å²) in [5, 5.41) is 4.14. The SMILES string of the molecule is CC[C@@H](Nc1cc(F)c(C(=O)N[C@@H](Cc2ccc(-c3ncc(C)cc3C(F)(F)F)c3nccn23)C(=O)OC)c(F)c1)C(F)(F)F. The highest BCUT2D eigenvalue weighted by atomic mass is 19.4. The molecule has 2 N–H and O–H groups in total. The zero-order valence-corrected chi connectivity index (χ0v) is 23.8. The first-order valence-electron chi connectivity index (χ1n) is 13.2. The number of pyridine rings is 2. The van der Waals surface area contributed by atoms with Crippen LogP contribution < -0.4 is 10.6 Å². The minimum Gasteiger partial charge on any atom is -0.467 e. The van der Waals surface area contributed by atoms with E-state index in [1.807, 2.05) is 5.32 Å². The number of nitrogens with zero attached hydrogens (tertiary/aromatic N) is 3. The molecule has 4 rings (SSSR count). The second kappa shape index (κ2) is 12.7. The fourth-order valence-electron chi connectivity index (χ4n) is 4.69. The summed E-state index contributed by atoms with van der Waals surface area (Å²) in [6, 6.07) is 0.971. The highest BCUT2D eigenvalue weighted by Gasteiger charge is 2.39. The van der Waals surface area contributed by atoms with E-state index in [0.717, 1.165) is 13.2 Å². The zero-order chi connectivity index (χ0) is 33.3. The molecule has 3 aromatic heterocycles. The van der Waals surface area contributed by atoms with Crippen LogP contribution in [0.15, 0.2) is 48.9 Å². The number of esters is 1. The summed E-state index contributed by atoms with van der Waals surface area (Å²) in [7, 11) is 0.992. The predicted molar refractivity (Wildman–Crippen MR) is 145 cm³/mol. The number of carbonyl (C=O) groups excluding carboxylic acids is 2. The van der Waals surface area contributed by atoms with Crippen LogP contribution in [-0.4, -0.2) is 51.6 Å². The molecule has 0 aliphatic heterocycles. The second-order valence-corrected chi connectivity index (χ2v) is 9.98. The molecule has 0 bridgehead atoms. The maximum Gasteiger partial charge on any atom is 0.418 e. The van der Waals surface area contributed by atoms with E-state index < -0.39 is 76.9 Å². The maximum atomic E-state index is 14.8. The Hall–Kier alpha value is -4.76. The second-order valence-electron chi connectivity index (χ2n) is 9.98. The molecular weight excluding hydrogens is 618 g/mol. The Bertz CT molecular complexity index is 1710. The van der Waals surface area contributed by atoms with Gasteiger partial charge in [0.2, 0.25) is 0 Å². The Morgan fingerprint density at radius 2 is 1.69 bits per heavy atom. The smallest absolute Gasteiger partial charge is 0.418 e. The van der Waals surface area contributed by atoms with Gasteiger partial charge in [0.05, 0.1) is 18.4 Å². The Morgan fingerprint density at radius 1 is 1.02 bits per heavy atom. The van der Waals surface area contributed by atoms with Crippen molar-refractivity contribution in [3.63, 3.8) is 0 Å². The molecule has 0 radical (unpaired) electrons. The Labute approximate surface area is 250 Å². The minimum absolute atomic E-state index is 0.0170. The largest absolute Gasteiger partial charge is 0.467 e. The minimum atomic E-state index is -4.73. The molecule has 1 aromatic carbocycles. The number of amides is 1. The molecular formula is C29H25F8N5O3. The van der Waals surface area contributed by atoms with E-state index >= 15 is 0 Å². The van der Waals surface area contributed by atoms with E-state index in [0.29, 0.717) is 12.1 Å². The van der Waals surface area contributed by atoms with E-state index in [4.69, 9.17) is 4.74 Å². The van der Waals surface area contributed by atoms with Crippen molar-refractivity contribution in [3.05, 3.63) is 82.9 Å². The first-order valence-corrected chi connectivity index (χ1v) is 13.2. The molecule has 0 saturated carbocycles. The maximum absolute atomic E-state index is 14.8. The lowest BCUT2D eigenvalue weighted by molar-refractivity contribution is -0.143. The monoisotopic (exact) mass is 643 g/mol. The van der Waals surface area contributed by atoms with E-state index in [1.165, 1.54) is 49.0 Å². The van der Waals surface area contributed by atoms with Gasteiger partial charge in [0.1, 0.15) is 34.9 Å². The molecule has 0 aliphatic rings. The van der Waals surface area contributed by atoms with Crippen LogP contribution in [0.4, 0.5) is 40.8 Å². The topological polar surface area (TPSA) is 97.6 Å². The van der Waals surface area contributed by atoms with Crippen LogP contribution in [0.1, 0.15) is 40.5 Å². The van der Waals surface area contributed by atoms with Gasteiger partial charge in [-0.2, -0.15) is 26.3 Å². The van der Waals surface area contributed by atoms with E-state index in [1.54, 1.807) is 0 Å². The lowest BCUT2D eigenvalue weighted by Crippen LogP contribution is -2.44. The van der Waals surface area contributed by atoms with Gasteiger partial charge in [-0.25, -0.2) is 18.6 Å². The van der Waals surface area contributed by atoms with Gasteiger partial charge in [0.25, 0.3) is 5.91 Å². The third-order valence-corrected chi connectivity index (χ3v) is 6.84. The summed E-state index contributed by atoms with van der Waals surface area (Å²) in [4.78, 5) is 33.6. The first-order chi connectivity index (χ1) is 21.0. The van der Waals surface area contributed by atoms with Gasteiger partial charge in [-0.3, -0.25) is 9.78 Å². The number of methoxy groups -OCH3 is 1. The van der Waals surface area contributed by atoms with Crippen LogP contribution in [0.3, 0.4) is 0 Å². The van der Waals surface area contributed by atoms with Crippen molar-refractivity contribution >= 4 is 23.2 Å².